The molecule has 8 heteroatoms. The number of benzene rings is 3. The lowest BCUT2D eigenvalue weighted by atomic mass is 10.1. The zero-order chi connectivity index (χ0) is 26.3. The van der Waals surface area contributed by atoms with Gasteiger partial charge in [-0.15, -0.1) is 0 Å². The van der Waals surface area contributed by atoms with Crippen LogP contribution in [0.25, 0.3) is 0 Å². The van der Waals surface area contributed by atoms with Crippen molar-refractivity contribution < 1.29 is 17.9 Å². The Hall–Kier alpha value is -3.52. The number of rotatable bonds is 10. The topological polar surface area (TPSA) is 79.0 Å². The molecule has 1 aliphatic rings. The molecule has 1 saturated heterocycles. The first-order valence-corrected chi connectivity index (χ1v) is 14.2. The van der Waals surface area contributed by atoms with Gasteiger partial charge in [0.05, 0.1) is 17.2 Å². The summed E-state index contributed by atoms with van der Waals surface area (Å²) in [7, 11) is -3.98. The van der Waals surface area contributed by atoms with Gasteiger partial charge in [-0.25, -0.2) is 8.42 Å². The van der Waals surface area contributed by atoms with Crippen molar-refractivity contribution in [3.05, 3.63) is 83.9 Å². The lowest BCUT2D eigenvalue weighted by Gasteiger charge is -2.28. The van der Waals surface area contributed by atoms with E-state index in [4.69, 9.17) is 4.74 Å². The summed E-state index contributed by atoms with van der Waals surface area (Å²) in [6.07, 6.45) is 3.72. The quantitative estimate of drug-likeness (QED) is 0.411. The van der Waals surface area contributed by atoms with Gasteiger partial charge in [0.15, 0.2) is 0 Å². The van der Waals surface area contributed by atoms with E-state index in [1.54, 1.807) is 24.3 Å². The molecule has 0 spiro atoms. The molecule has 0 saturated carbocycles. The van der Waals surface area contributed by atoms with Crippen molar-refractivity contribution in [2.75, 3.05) is 35.4 Å². The molecule has 0 bridgehead atoms. The number of aryl methyl sites for hydroxylation is 1. The Labute approximate surface area is 220 Å². The third-order valence-electron chi connectivity index (χ3n) is 6.48. The molecule has 3 aromatic carbocycles. The number of piperidine rings is 1. The molecule has 4 rings (SSSR count). The minimum atomic E-state index is -3.98. The van der Waals surface area contributed by atoms with E-state index in [9.17, 15) is 13.2 Å². The number of nitrogens with one attached hydrogen (secondary N) is 1. The highest BCUT2D eigenvalue weighted by Crippen LogP contribution is 2.26. The summed E-state index contributed by atoms with van der Waals surface area (Å²) in [6, 6.07) is 21.5. The molecule has 1 N–H and O–H groups in total. The normalized spacial score (nSPS) is 13.7. The molecule has 1 fully saturated rings. The van der Waals surface area contributed by atoms with Crippen molar-refractivity contribution in [3.8, 4) is 5.75 Å². The maximum atomic E-state index is 13.6. The van der Waals surface area contributed by atoms with Gasteiger partial charge in [0.2, 0.25) is 5.91 Å². The summed E-state index contributed by atoms with van der Waals surface area (Å²) in [5, 5.41) is 2.88. The van der Waals surface area contributed by atoms with Crippen molar-refractivity contribution >= 4 is 27.3 Å². The van der Waals surface area contributed by atoms with Gasteiger partial charge in [0, 0.05) is 25.3 Å². The molecule has 0 aromatic heterocycles. The highest BCUT2D eigenvalue weighted by atomic mass is 32.2. The molecule has 37 heavy (non-hydrogen) atoms. The van der Waals surface area contributed by atoms with Gasteiger partial charge in [0.25, 0.3) is 10.0 Å². The molecule has 0 radical (unpaired) electrons. The molecule has 0 unspecified atom stereocenters. The van der Waals surface area contributed by atoms with Crippen LogP contribution in [0.4, 0.5) is 11.4 Å². The Morgan fingerprint density at radius 3 is 2.19 bits per heavy atom. The lowest BCUT2D eigenvalue weighted by Crippen LogP contribution is -2.40. The Morgan fingerprint density at radius 2 is 1.57 bits per heavy atom. The summed E-state index contributed by atoms with van der Waals surface area (Å²) in [5.41, 5.74) is 3.59. The smallest absolute Gasteiger partial charge is 0.264 e. The molecule has 1 aliphatic heterocycles. The van der Waals surface area contributed by atoms with Crippen LogP contribution in [0.5, 0.6) is 5.75 Å². The number of hydrogen-bond donors (Lipinski definition) is 1. The van der Waals surface area contributed by atoms with E-state index in [1.165, 1.54) is 37.1 Å². The largest absolute Gasteiger partial charge is 0.494 e. The first-order valence-electron chi connectivity index (χ1n) is 12.8. The molecular weight excluding hydrogens is 486 g/mol. The fourth-order valence-corrected chi connectivity index (χ4v) is 5.81. The second-order valence-electron chi connectivity index (χ2n) is 9.24. The van der Waals surface area contributed by atoms with Crippen molar-refractivity contribution in [1.29, 1.82) is 0 Å². The number of anilines is 2. The molecular formula is C29H35N3O4S. The summed E-state index contributed by atoms with van der Waals surface area (Å²) < 4.78 is 33.8. The van der Waals surface area contributed by atoms with Gasteiger partial charge in [-0.3, -0.25) is 9.10 Å². The minimum Gasteiger partial charge on any atom is -0.494 e. The Morgan fingerprint density at radius 1 is 0.919 bits per heavy atom. The van der Waals surface area contributed by atoms with E-state index in [2.05, 4.69) is 22.3 Å². The average molecular weight is 522 g/mol. The number of hydrogen-bond acceptors (Lipinski definition) is 5. The van der Waals surface area contributed by atoms with E-state index >= 15 is 0 Å². The Balaban J connectivity index is 1.46. The second-order valence-corrected chi connectivity index (χ2v) is 11.1. The van der Waals surface area contributed by atoms with Gasteiger partial charge in [0.1, 0.15) is 12.3 Å². The van der Waals surface area contributed by atoms with Crippen LogP contribution in [0.15, 0.2) is 77.7 Å². The third kappa shape index (κ3) is 6.83. The molecule has 196 valence electrons. The van der Waals surface area contributed by atoms with Crippen LogP contribution in [0.2, 0.25) is 0 Å². The molecule has 7 nitrogen and oxygen atoms in total. The predicted molar refractivity (Wildman–Crippen MR) is 148 cm³/mol. The average Bonchev–Trinajstić information content (AvgIpc) is 2.92. The van der Waals surface area contributed by atoms with Crippen LogP contribution in [0, 0.1) is 6.92 Å². The lowest BCUT2D eigenvalue weighted by molar-refractivity contribution is -0.119. The van der Waals surface area contributed by atoms with Crippen LogP contribution < -0.4 is 19.3 Å². The maximum absolute atomic E-state index is 13.6. The number of ether oxygens (including phenoxy) is 1. The van der Waals surface area contributed by atoms with Crippen LogP contribution in [0.1, 0.15) is 37.3 Å². The maximum Gasteiger partial charge on any atom is 0.264 e. The van der Waals surface area contributed by atoms with Crippen LogP contribution in [0.3, 0.4) is 0 Å². The van der Waals surface area contributed by atoms with E-state index < -0.39 is 10.0 Å². The first kappa shape index (κ1) is 26.5. The van der Waals surface area contributed by atoms with E-state index in [0.29, 0.717) is 24.6 Å². The monoisotopic (exact) mass is 521 g/mol. The zero-order valence-electron chi connectivity index (χ0n) is 21.5. The third-order valence-corrected chi connectivity index (χ3v) is 8.27. The molecule has 3 aromatic rings. The Kier molecular flexibility index (Phi) is 8.71. The highest BCUT2D eigenvalue weighted by molar-refractivity contribution is 7.92. The zero-order valence-corrected chi connectivity index (χ0v) is 22.3. The van der Waals surface area contributed by atoms with E-state index in [1.807, 2.05) is 38.1 Å². The van der Waals surface area contributed by atoms with Gasteiger partial charge < -0.3 is 15.0 Å². The highest BCUT2D eigenvalue weighted by Gasteiger charge is 2.27. The minimum absolute atomic E-state index is 0.0950. The first-order chi connectivity index (χ1) is 17.9. The van der Waals surface area contributed by atoms with Gasteiger partial charge in [-0.2, -0.15) is 0 Å². The van der Waals surface area contributed by atoms with Crippen LogP contribution in [-0.4, -0.2) is 40.6 Å². The van der Waals surface area contributed by atoms with Crippen LogP contribution in [-0.2, 0) is 21.4 Å². The van der Waals surface area contributed by atoms with Crippen molar-refractivity contribution in [2.45, 2.75) is 44.6 Å². The van der Waals surface area contributed by atoms with Crippen molar-refractivity contribution in [3.63, 3.8) is 0 Å². The number of carbonyl (C=O) groups is 1. The fraction of sp³-hybridized carbons (Fsp3) is 0.345. The molecule has 0 atom stereocenters. The van der Waals surface area contributed by atoms with Crippen LogP contribution >= 0.6 is 0 Å². The van der Waals surface area contributed by atoms with Gasteiger partial charge in [-0.05, 0) is 87.2 Å². The van der Waals surface area contributed by atoms with Crippen molar-refractivity contribution in [2.24, 2.45) is 0 Å². The summed E-state index contributed by atoms with van der Waals surface area (Å²) >= 11 is 0. The summed E-state index contributed by atoms with van der Waals surface area (Å²) in [5.74, 6) is 0.211. The van der Waals surface area contributed by atoms with E-state index in [-0.39, 0.29) is 17.3 Å². The second kappa shape index (κ2) is 12.1. The fourth-order valence-electron chi connectivity index (χ4n) is 4.39. The standard InChI is InChI=1S/C29H35N3O4S/c1-3-36-27-15-17-28(18-16-27)37(34,35)32(26-11-7-23(2)8-12-26)22-29(33)30-21-24-9-13-25(14-10-24)31-19-5-4-6-20-31/h7-18H,3-6,19-22H2,1-2H3,(H,30,33). The number of amides is 1. The molecule has 0 aliphatic carbocycles. The SMILES string of the molecule is CCOc1ccc(S(=O)(=O)N(CC(=O)NCc2ccc(N3CCCCC3)cc2)c2ccc(C)cc2)cc1. The molecule has 1 amide bonds. The van der Waals surface area contributed by atoms with Gasteiger partial charge >= 0.3 is 0 Å². The Bertz CT molecular complexity index is 1270. The predicted octanol–water partition coefficient (Wildman–Crippen LogP) is 4.90. The summed E-state index contributed by atoms with van der Waals surface area (Å²) in [6.45, 7) is 6.43. The van der Waals surface area contributed by atoms with E-state index in [0.717, 1.165) is 28.5 Å². The number of sulfonamides is 1. The van der Waals surface area contributed by atoms with Crippen molar-refractivity contribution in [1.82, 2.24) is 5.32 Å². The number of nitrogens with zero attached hydrogens (tertiary/aromatic N) is 2. The van der Waals surface area contributed by atoms with Gasteiger partial charge in [-0.1, -0.05) is 29.8 Å². The number of carbonyl (C=O) groups excluding carboxylic acids is 1. The molecule has 1 heterocycles. The summed E-state index contributed by atoms with van der Waals surface area (Å²) in [4.78, 5) is 15.4.